The van der Waals surface area contributed by atoms with Gasteiger partial charge in [-0.05, 0) is 78.7 Å². The van der Waals surface area contributed by atoms with E-state index < -0.39 is 0 Å². The van der Waals surface area contributed by atoms with Gasteiger partial charge in [-0.25, -0.2) is 0 Å². The Labute approximate surface area is 206 Å². The maximum Gasteiger partial charge on any atom is 0.130 e. The highest BCUT2D eigenvalue weighted by atomic mass is 16.6. The number of hydrogen-bond donors (Lipinski definition) is 0. The van der Waals surface area contributed by atoms with E-state index in [1.165, 1.54) is 55.2 Å². The van der Waals surface area contributed by atoms with E-state index >= 15 is 0 Å². The Balaban J connectivity index is 1.55. The number of epoxide rings is 2. The molecule has 4 nitrogen and oxygen atoms in total. The van der Waals surface area contributed by atoms with Crippen LogP contribution in [0.4, 0.5) is 0 Å². The lowest BCUT2D eigenvalue weighted by Crippen LogP contribution is -2.49. The summed E-state index contributed by atoms with van der Waals surface area (Å²) in [7, 11) is 0. The van der Waals surface area contributed by atoms with E-state index in [9.17, 15) is 0 Å². The summed E-state index contributed by atoms with van der Waals surface area (Å²) in [6.07, 6.45) is 8.81. The third-order valence-corrected chi connectivity index (χ3v) is 9.01. The fraction of sp³-hybridized carbons (Fsp3) is 0.800. The van der Waals surface area contributed by atoms with Crippen molar-refractivity contribution in [3.8, 4) is 11.5 Å². The summed E-state index contributed by atoms with van der Waals surface area (Å²) in [5.41, 5.74) is 4.37. The van der Waals surface area contributed by atoms with Crippen molar-refractivity contribution in [2.24, 2.45) is 17.8 Å². The molecule has 6 fully saturated rings. The summed E-state index contributed by atoms with van der Waals surface area (Å²) in [4.78, 5) is 0. The van der Waals surface area contributed by atoms with Gasteiger partial charge >= 0.3 is 0 Å². The molecule has 1 aromatic carbocycles. The van der Waals surface area contributed by atoms with E-state index in [1.807, 2.05) is 0 Å². The van der Waals surface area contributed by atoms with Crippen LogP contribution >= 0.6 is 0 Å². The lowest BCUT2D eigenvalue weighted by atomic mass is 9.47. The number of rotatable bonds is 7. The van der Waals surface area contributed by atoms with Crippen molar-refractivity contribution in [3.05, 3.63) is 22.8 Å². The minimum Gasteiger partial charge on any atom is -0.490 e. The van der Waals surface area contributed by atoms with Crippen LogP contribution in [0.3, 0.4) is 0 Å². The maximum absolute atomic E-state index is 6.87. The first-order valence-electron chi connectivity index (χ1n) is 13.7. The van der Waals surface area contributed by atoms with Crippen molar-refractivity contribution in [2.45, 2.75) is 109 Å². The molecule has 2 saturated heterocycles. The normalized spacial score (nSPS) is 36.0. The Bertz CT molecular complexity index is 907. The van der Waals surface area contributed by atoms with Gasteiger partial charge < -0.3 is 18.9 Å². The molecule has 2 atom stereocenters. The second-order valence-electron chi connectivity index (χ2n) is 14.2. The minimum absolute atomic E-state index is 0.0114. The Morgan fingerprint density at radius 2 is 1.29 bits per heavy atom. The molecule has 0 aromatic heterocycles. The molecule has 7 rings (SSSR count). The highest BCUT2D eigenvalue weighted by molar-refractivity contribution is 5.62. The Morgan fingerprint density at radius 1 is 0.794 bits per heavy atom. The van der Waals surface area contributed by atoms with Crippen LogP contribution in [-0.4, -0.2) is 38.6 Å². The van der Waals surface area contributed by atoms with Gasteiger partial charge in [0.25, 0.3) is 0 Å². The highest BCUT2D eigenvalue weighted by Crippen LogP contribution is 2.64. The molecule has 34 heavy (non-hydrogen) atoms. The van der Waals surface area contributed by atoms with E-state index in [4.69, 9.17) is 18.9 Å². The molecule has 0 amide bonds. The standard InChI is InChI=1S/C30H44O4/c1-28(2,3)23-10-24(33-16-21-14-31-21)26(29(4,5)6)27(34-17-22-15-32-22)25(23)30-11-18-7-19(12-30)9-20(8-18)13-30/h10,18-22H,7-9,11-17H2,1-6H3. The second kappa shape index (κ2) is 7.87. The van der Waals surface area contributed by atoms with Gasteiger partial charge in [0.15, 0.2) is 0 Å². The van der Waals surface area contributed by atoms with Crippen LogP contribution in [0, 0.1) is 17.8 Å². The molecule has 4 heteroatoms. The van der Waals surface area contributed by atoms with Crippen molar-refractivity contribution in [3.63, 3.8) is 0 Å². The van der Waals surface area contributed by atoms with Crippen molar-refractivity contribution in [2.75, 3.05) is 26.4 Å². The summed E-state index contributed by atoms with van der Waals surface area (Å²) < 4.78 is 24.5. The Hall–Kier alpha value is -1.26. The predicted molar refractivity (Wildman–Crippen MR) is 134 cm³/mol. The van der Waals surface area contributed by atoms with Gasteiger partial charge in [-0.15, -0.1) is 0 Å². The van der Waals surface area contributed by atoms with Crippen LogP contribution in [0.15, 0.2) is 6.07 Å². The van der Waals surface area contributed by atoms with E-state index in [2.05, 4.69) is 47.6 Å². The lowest BCUT2D eigenvalue weighted by Gasteiger charge is -2.58. The number of hydrogen-bond acceptors (Lipinski definition) is 4. The summed E-state index contributed by atoms with van der Waals surface area (Å²) in [6.45, 7) is 16.9. The van der Waals surface area contributed by atoms with Gasteiger partial charge in [0, 0.05) is 16.5 Å². The first-order valence-corrected chi connectivity index (χ1v) is 13.7. The van der Waals surface area contributed by atoms with E-state index in [-0.39, 0.29) is 28.5 Å². The average molecular weight is 469 g/mol. The largest absolute Gasteiger partial charge is 0.490 e. The molecule has 2 aliphatic heterocycles. The summed E-state index contributed by atoms with van der Waals surface area (Å²) in [5.74, 6) is 4.79. The molecule has 2 unspecified atom stereocenters. The summed E-state index contributed by atoms with van der Waals surface area (Å²) in [6, 6.07) is 2.40. The molecule has 0 N–H and O–H groups in total. The van der Waals surface area contributed by atoms with Crippen molar-refractivity contribution in [1.82, 2.24) is 0 Å². The molecule has 0 spiro atoms. The summed E-state index contributed by atoms with van der Waals surface area (Å²) >= 11 is 0. The number of ether oxygens (including phenoxy) is 4. The monoisotopic (exact) mass is 468 g/mol. The van der Waals surface area contributed by atoms with Gasteiger partial charge in [0.2, 0.25) is 0 Å². The first kappa shape index (κ1) is 23.2. The topological polar surface area (TPSA) is 43.5 Å². The minimum atomic E-state index is -0.0903. The molecular weight excluding hydrogens is 424 g/mol. The third-order valence-electron chi connectivity index (χ3n) is 9.01. The van der Waals surface area contributed by atoms with Crippen LogP contribution in [0.2, 0.25) is 0 Å². The van der Waals surface area contributed by atoms with Gasteiger partial charge in [0.05, 0.1) is 13.2 Å². The molecule has 4 bridgehead atoms. The van der Waals surface area contributed by atoms with Crippen LogP contribution in [0.1, 0.15) is 96.8 Å². The highest BCUT2D eigenvalue weighted by Gasteiger charge is 2.54. The third kappa shape index (κ3) is 4.28. The molecule has 188 valence electrons. The molecule has 0 radical (unpaired) electrons. The van der Waals surface area contributed by atoms with Crippen molar-refractivity contribution >= 4 is 0 Å². The van der Waals surface area contributed by atoms with Crippen molar-refractivity contribution in [1.29, 1.82) is 0 Å². The molecular formula is C30H44O4. The molecule has 1 aromatic rings. The fourth-order valence-electron chi connectivity index (χ4n) is 7.83. The Kier molecular flexibility index (Phi) is 5.36. The van der Waals surface area contributed by atoms with Gasteiger partial charge in [-0.2, -0.15) is 0 Å². The van der Waals surface area contributed by atoms with Crippen LogP contribution < -0.4 is 9.47 Å². The Morgan fingerprint density at radius 3 is 1.74 bits per heavy atom. The van der Waals surface area contributed by atoms with E-state index in [0.717, 1.165) is 42.5 Å². The first-order chi connectivity index (χ1) is 16.0. The zero-order valence-corrected chi connectivity index (χ0v) is 22.2. The zero-order valence-electron chi connectivity index (χ0n) is 22.2. The molecule has 2 heterocycles. The average Bonchev–Trinajstić information content (AvgIpc) is 3.62. The van der Waals surface area contributed by atoms with Gasteiger partial charge in [-0.3, -0.25) is 0 Å². The smallest absolute Gasteiger partial charge is 0.130 e. The van der Waals surface area contributed by atoms with Crippen LogP contribution in [0.5, 0.6) is 11.5 Å². The molecule has 4 saturated carbocycles. The van der Waals surface area contributed by atoms with E-state index in [0.29, 0.717) is 13.2 Å². The van der Waals surface area contributed by atoms with E-state index in [1.54, 1.807) is 0 Å². The van der Waals surface area contributed by atoms with Crippen LogP contribution in [-0.2, 0) is 25.7 Å². The van der Waals surface area contributed by atoms with Gasteiger partial charge in [0.1, 0.15) is 36.9 Å². The molecule has 4 aliphatic carbocycles. The zero-order chi connectivity index (χ0) is 23.9. The molecule has 6 aliphatic rings. The lowest BCUT2D eigenvalue weighted by molar-refractivity contribution is -0.00738. The summed E-state index contributed by atoms with van der Waals surface area (Å²) in [5, 5.41) is 0. The van der Waals surface area contributed by atoms with Crippen molar-refractivity contribution < 1.29 is 18.9 Å². The SMILES string of the molecule is CC(C)(C)c1cc(OCC2CO2)c(C(C)(C)C)c(OCC2CO2)c1C12CC3CC(CC(C3)C1)C2. The van der Waals surface area contributed by atoms with Gasteiger partial charge in [-0.1, -0.05) is 41.5 Å². The maximum atomic E-state index is 6.87. The quantitative estimate of drug-likeness (QED) is 0.440. The van der Waals surface area contributed by atoms with Crippen LogP contribution in [0.25, 0.3) is 0 Å². The fourth-order valence-corrected chi connectivity index (χ4v) is 7.83. The number of benzene rings is 1. The predicted octanol–water partition coefficient (Wildman–Crippen LogP) is 6.30. The second-order valence-corrected chi connectivity index (χ2v) is 14.2.